The van der Waals surface area contributed by atoms with Gasteiger partial charge in [0.15, 0.2) is 0 Å². The Balaban J connectivity index is 1.93. The number of nitrogens with one attached hydrogen (secondary N) is 1. The average molecular weight is 253 g/mol. The van der Waals surface area contributed by atoms with E-state index in [2.05, 4.69) is 5.32 Å². The standard InChI is InChI=1S/C13H17ClN2O/c1-16(13(17)12-3-2-8-15-12)9-10-4-6-11(14)7-5-10/h4-7,12,15H,2-3,8-9H2,1H3/t12-/m1/s1. The van der Waals surface area contributed by atoms with Crippen molar-refractivity contribution in [2.45, 2.75) is 25.4 Å². The zero-order valence-corrected chi connectivity index (χ0v) is 10.7. The normalized spacial score (nSPS) is 19.3. The van der Waals surface area contributed by atoms with E-state index < -0.39 is 0 Å². The molecule has 1 aromatic carbocycles. The van der Waals surface area contributed by atoms with Crippen LogP contribution >= 0.6 is 11.6 Å². The third kappa shape index (κ3) is 3.20. The van der Waals surface area contributed by atoms with Gasteiger partial charge >= 0.3 is 0 Å². The molecule has 0 aromatic heterocycles. The highest BCUT2D eigenvalue weighted by atomic mass is 35.5. The van der Waals surface area contributed by atoms with Gasteiger partial charge in [0.05, 0.1) is 6.04 Å². The Morgan fingerprint density at radius 1 is 1.47 bits per heavy atom. The van der Waals surface area contributed by atoms with Crippen LogP contribution in [-0.4, -0.2) is 30.4 Å². The lowest BCUT2D eigenvalue weighted by molar-refractivity contribution is -0.132. The highest BCUT2D eigenvalue weighted by Crippen LogP contribution is 2.13. The van der Waals surface area contributed by atoms with Crippen molar-refractivity contribution in [3.63, 3.8) is 0 Å². The fourth-order valence-corrected chi connectivity index (χ4v) is 2.23. The summed E-state index contributed by atoms with van der Waals surface area (Å²) >= 11 is 5.82. The van der Waals surface area contributed by atoms with Gasteiger partial charge in [-0.3, -0.25) is 4.79 Å². The number of halogens is 1. The molecule has 0 spiro atoms. The molecule has 1 aromatic rings. The van der Waals surface area contributed by atoms with Crippen LogP contribution in [0.4, 0.5) is 0 Å². The highest BCUT2D eigenvalue weighted by Gasteiger charge is 2.24. The molecular weight excluding hydrogens is 236 g/mol. The lowest BCUT2D eigenvalue weighted by Crippen LogP contribution is -2.41. The molecule has 1 saturated heterocycles. The zero-order valence-electron chi connectivity index (χ0n) is 9.95. The molecule has 17 heavy (non-hydrogen) atoms. The average Bonchev–Trinajstić information content (AvgIpc) is 2.84. The lowest BCUT2D eigenvalue weighted by Gasteiger charge is -2.21. The summed E-state index contributed by atoms with van der Waals surface area (Å²) in [7, 11) is 1.84. The Morgan fingerprint density at radius 2 is 2.18 bits per heavy atom. The van der Waals surface area contributed by atoms with Crippen molar-refractivity contribution >= 4 is 17.5 Å². The number of nitrogens with zero attached hydrogens (tertiary/aromatic N) is 1. The molecule has 1 heterocycles. The third-order valence-electron chi connectivity index (χ3n) is 3.07. The summed E-state index contributed by atoms with van der Waals surface area (Å²) in [6.45, 7) is 1.58. The van der Waals surface area contributed by atoms with Crippen molar-refractivity contribution in [3.8, 4) is 0 Å². The van der Waals surface area contributed by atoms with Crippen LogP contribution in [0.3, 0.4) is 0 Å². The molecule has 1 fully saturated rings. The molecule has 1 aliphatic rings. The summed E-state index contributed by atoms with van der Waals surface area (Å²) < 4.78 is 0. The molecule has 0 unspecified atom stereocenters. The number of amides is 1. The van der Waals surface area contributed by atoms with E-state index >= 15 is 0 Å². The predicted molar refractivity (Wildman–Crippen MR) is 69.0 cm³/mol. The van der Waals surface area contributed by atoms with E-state index in [1.165, 1.54) is 0 Å². The van der Waals surface area contributed by atoms with Gasteiger partial charge in [-0.05, 0) is 37.1 Å². The van der Waals surface area contributed by atoms with Gasteiger partial charge in [0.1, 0.15) is 0 Å². The van der Waals surface area contributed by atoms with Crippen LogP contribution in [0.1, 0.15) is 18.4 Å². The molecule has 3 nitrogen and oxygen atoms in total. The Kier molecular flexibility index (Phi) is 4.02. The van der Waals surface area contributed by atoms with E-state index in [-0.39, 0.29) is 11.9 Å². The Bertz CT molecular complexity index is 385. The van der Waals surface area contributed by atoms with E-state index in [4.69, 9.17) is 11.6 Å². The van der Waals surface area contributed by atoms with E-state index in [1.54, 1.807) is 4.90 Å². The third-order valence-corrected chi connectivity index (χ3v) is 3.32. The molecule has 0 bridgehead atoms. The second-order valence-electron chi connectivity index (χ2n) is 4.47. The SMILES string of the molecule is CN(Cc1ccc(Cl)cc1)C(=O)[C@H]1CCCN1. The molecule has 4 heteroatoms. The number of rotatable bonds is 3. The number of carbonyl (C=O) groups is 1. The Morgan fingerprint density at radius 3 is 2.76 bits per heavy atom. The summed E-state index contributed by atoms with van der Waals surface area (Å²) in [4.78, 5) is 13.8. The summed E-state index contributed by atoms with van der Waals surface area (Å²) in [6, 6.07) is 7.61. The fraction of sp³-hybridized carbons (Fsp3) is 0.462. The van der Waals surface area contributed by atoms with Gasteiger partial charge in [-0.25, -0.2) is 0 Å². The first-order valence-electron chi connectivity index (χ1n) is 5.89. The van der Waals surface area contributed by atoms with Gasteiger partial charge in [-0.1, -0.05) is 23.7 Å². The first-order chi connectivity index (χ1) is 8.16. The second-order valence-corrected chi connectivity index (χ2v) is 4.91. The Hall–Kier alpha value is -1.06. The Labute approximate surface area is 107 Å². The minimum atomic E-state index is 0.00676. The van der Waals surface area contributed by atoms with Gasteiger partial charge in [-0.15, -0.1) is 0 Å². The first-order valence-corrected chi connectivity index (χ1v) is 6.27. The van der Waals surface area contributed by atoms with E-state index in [0.717, 1.165) is 30.0 Å². The molecule has 0 aliphatic carbocycles. The van der Waals surface area contributed by atoms with Crippen molar-refractivity contribution in [1.82, 2.24) is 10.2 Å². The summed E-state index contributed by atoms with van der Waals surface area (Å²) in [5.74, 6) is 0.178. The molecule has 0 radical (unpaired) electrons. The van der Waals surface area contributed by atoms with Crippen molar-refractivity contribution < 1.29 is 4.79 Å². The van der Waals surface area contributed by atoms with Crippen molar-refractivity contribution in [1.29, 1.82) is 0 Å². The van der Waals surface area contributed by atoms with Crippen molar-refractivity contribution in [2.24, 2.45) is 0 Å². The maximum Gasteiger partial charge on any atom is 0.239 e. The topological polar surface area (TPSA) is 32.3 Å². The summed E-state index contributed by atoms with van der Waals surface area (Å²) in [6.07, 6.45) is 2.04. The van der Waals surface area contributed by atoms with Gasteiger partial charge in [0.2, 0.25) is 5.91 Å². The monoisotopic (exact) mass is 252 g/mol. The van der Waals surface area contributed by atoms with Gasteiger partial charge < -0.3 is 10.2 Å². The first kappa shape index (κ1) is 12.4. The maximum atomic E-state index is 12.1. The molecule has 0 saturated carbocycles. The largest absolute Gasteiger partial charge is 0.340 e. The van der Waals surface area contributed by atoms with E-state index in [0.29, 0.717) is 6.54 Å². The minimum absolute atomic E-state index is 0.00676. The van der Waals surface area contributed by atoms with Crippen LogP contribution in [0.15, 0.2) is 24.3 Å². The van der Waals surface area contributed by atoms with Crippen LogP contribution in [0, 0.1) is 0 Å². The highest BCUT2D eigenvalue weighted by molar-refractivity contribution is 6.30. The maximum absolute atomic E-state index is 12.1. The van der Waals surface area contributed by atoms with Crippen LogP contribution < -0.4 is 5.32 Å². The fourth-order valence-electron chi connectivity index (χ4n) is 2.10. The van der Waals surface area contributed by atoms with Crippen LogP contribution in [0.5, 0.6) is 0 Å². The smallest absolute Gasteiger partial charge is 0.239 e. The second kappa shape index (κ2) is 5.52. The van der Waals surface area contributed by atoms with E-state index in [9.17, 15) is 4.79 Å². The molecule has 2 rings (SSSR count). The van der Waals surface area contributed by atoms with Crippen LogP contribution in [0.25, 0.3) is 0 Å². The minimum Gasteiger partial charge on any atom is -0.340 e. The van der Waals surface area contributed by atoms with Gasteiger partial charge in [0.25, 0.3) is 0 Å². The lowest BCUT2D eigenvalue weighted by atomic mass is 10.1. The summed E-state index contributed by atoms with van der Waals surface area (Å²) in [5.41, 5.74) is 1.10. The molecule has 1 aliphatic heterocycles. The number of carbonyl (C=O) groups excluding carboxylic acids is 1. The predicted octanol–water partition coefficient (Wildman–Crippen LogP) is 2.05. The van der Waals surface area contributed by atoms with Crippen molar-refractivity contribution in [2.75, 3.05) is 13.6 Å². The quantitative estimate of drug-likeness (QED) is 0.893. The van der Waals surface area contributed by atoms with Crippen LogP contribution in [-0.2, 0) is 11.3 Å². The van der Waals surface area contributed by atoms with Gasteiger partial charge in [-0.2, -0.15) is 0 Å². The molecule has 92 valence electrons. The summed E-state index contributed by atoms with van der Waals surface area (Å²) in [5, 5.41) is 3.94. The van der Waals surface area contributed by atoms with Gasteiger partial charge in [0, 0.05) is 18.6 Å². The number of hydrogen-bond donors (Lipinski definition) is 1. The molecule has 1 N–H and O–H groups in total. The van der Waals surface area contributed by atoms with E-state index in [1.807, 2.05) is 31.3 Å². The zero-order chi connectivity index (χ0) is 12.3. The van der Waals surface area contributed by atoms with Crippen molar-refractivity contribution in [3.05, 3.63) is 34.9 Å². The number of likely N-dealkylation sites (N-methyl/N-ethyl adjacent to an activating group) is 1. The van der Waals surface area contributed by atoms with Crippen LogP contribution in [0.2, 0.25) is 5.02 Å². The molecule has 1 amide bonds. The molecular formula is C13H17ClN2O. The molecule has 1 atom stereocenters. The number of benzene rings is 1. The number of hydrogen-bond acceptors (Lipinski definition) is 2.